The zero-order valence-corrected chi connectivity index (χ0v) is 12.6. The number of likely N-dealkylation sites (tertiary alicyclic amines) is 1. The first kappa shape index (κ1) is 15.5. The van der Waals surface area contributed by atoms with E-state index in [0.29, 0.717) is 16.3 Å². The van der Waals surface area contributed by atoms with Crippen molar-refractivity contribution in [2.75, 3.05) is 13.1 Å². The van der Waals surface area contributed by atoms with Crippen molar-refractivity contribution >= 4 is 23.5 Å². The van der Waals surface area contributed by atoms with Crippen molar-refractivity contribution in [1.29, 1.82) is 0 Å². The highest BCUT2D eigenvalue weighted by Gasteiger charge is 2.47. The Kier molecular flexibility index (Phi) is 3.81. The van der Waals surface area contributed by atoms with Crippen LogP contribution in [0.1, 0.15) is 17.0 Å². The summed E-state index contributed by atoms with van der Waals surface area (Å²) in [5.74, 6) is -2.23. The number of halogens is 2. The first-order chi connectivity index (χ1) is 10.9. The molecule has 1 aliphatic heterocycles. The summed E-state index contributed by atoms with van der Waals surface area (Å²) < 4.78 is 19.0. The van der Waals surface area contributed by atoms with Gasteiger partial charge in [0.1, 0.15) is 5.69 Å². The average molecular weight is 339 g/mol. The largest absolute Gasteiger partial charge is 0.479 e. The van der Waals surface area contributed by atoms with Crippen LogP contribution in [0, 0.1) is 0 Å². The second-order valence-electron chi connectivity index (χ2n) is 5.33. The van der Waals surface area contributed by atoms with Gasteiger partial charge in [-0.3, -0.25) is 4.79 Å². The Morgan fingerprint density at radius 2 is 2.17 bits per heavy atom. The average Bonchev–Trinajstić information content (AvgIpc) is 3.14. The molecule has 1 unspecified atom stereocenters. The highest BCUT2D eigenvalue weighted by Crippen LogP contribution is 2.28. The first-order valence-electron chi connectivity index (χ1n) is 6.83. The molecule has 0 radical (unpaired) electrons. The molecule has 1 N–H and O–H groups in total. The van der Waals surface area contributed by atoms with Gasteiger partial charge in [-0.15, -0.1) is 0 Å². The van der Waals surface area contributed by atoms with Crippen LogP contribution in [0.4, 0.5) is 4.39 Å². The van der Waals surface area contributed by atoms with Gasteiger partial charge in [-0.2, -0.15) is 0 Å². The number of alkyl halides is 1. The minimum Gasteiger partial charge on any atom is -0.479 e. The number of benzene rings is 1. The summed E-state index contributed by atoms with van der Waals surface area (Å²) in [5, 5.41) is 13.2. The zero-order valence-electron chi connectivity index (χ0n) is 11.8. The molecular weight excluding hydrogens is 327 g/mol. The number of aromatic nitrogens is 1. The van der Waals surface area contributed by atoms with E-state index in [2.05, 4.69) is 5.16 Å². The number of aliphatic carboxylic acids is 1. The molecule has 2 aromatic rings. The molecule has 1 aromatic heterocycles. The number of hydrogen-bond acceptors (Lipinski definition) is 4. The lowest BCUT2D eigenvalue weighted by Gasteiger charge is -2.15. The predicted molar refractivity (Wildman–Crippen MR) is 78.9 cm³/mol. The van der Waals surface area contributed by atoms with E-state index in [1.54, 1.807) is 24.3 Å². The van der Waals surface area contributed by atoms with Crippen molar-refractivity contribution in [2.45, 2.75) is 12.1 Å². The lowest BCUT2D eigenvalue weighted by molar-refractivity contribution is -0.149. The number of carbonyl (C=O) groups excluding carboxylic acids is 1. The number of hydrogen-bond donors (Lipinski definition) is 1. The smallest absolute Gasteiger partial charge is 0.343 e. The summed E-state index contributed by atoms with van der Waals surface area (Å²) in [4.78, 5) is 24.3. The number of rotatable bonds is 3. The fourth-order valence-electron chi connectivity index (χ4n) is 2.44. The van der Waals surface area contributed by atoms with E-state index in [9.17, 15) is 14.0 Å². The van der Waals surface area contributed by atoms with Crippen molar-refractivity contribution in [2.24, 2.45) is 0 Å². The van der Waals surface area contributed by atoms with Crippen molar-refractivity contribution in [3.63, 3.8) is 0 Å². The van der Waals surface area contributed by atoms with Crippen molar-refractivity contribution in [3.8, 4) is 11.3 Å². The van der Waals surface area contributed by atoms with Crippen LogP contribution >= 0.6 is 11.6 Å². The third kappa shape index (κ3) is 2.92. The molecular formula is C15H12ClFN2O4. The summed E-state index contributed by atoms with van der Waals surface area (Å²) in [7, 11) is 0. The maximum Gasteiger partial charge on any atom is 0.343 e. The third-order valence-corrected chi connectivity index (χ3v) is 3.97. The topological polar surface area (TPSA) is 83.6 Å². The van der Waals surface area contributed by atoms with Gasteiger partial charge in [0.2, 0.25) is 11.4 Å². The minimum absolute atomic E-state index is 0.00876. The molecule has 120 valence electrons. The van der Waals surface area contributed by atoms with Crippen molar-refractivity contribution in [3.05, 3.63) is 41.1 Å². The lowest BCUT2D eigenvalue weighted by Crippen LogP contribution is -2.38. The Bertz CT molecular complexity index is 778. The zero-order chi connectivity index (χ0) is 16.6. The fraction of sp³-hybridized carbons (Fsp3) is 0.267. The van der Waals surface area contributed by atoms with Gasteiger partial charge < -0.3 is 14.5 Å². The number of carboxylic acids is 1. The molecule has 1 atom stereocenters. The van der Waals surface area contributed by atoms with Crippen LogP contribution in [0.3, 0.4) is 0 Å². The maximum absolute atomic E-state index is 14.0. The second-order valence-corrected chi connectivity index (χ2v) is 5.77. The maximum atomic E-state index is 14.0. The van der Waals surface area contributed by atoms with Gasteiger partial charge in [-0.25, -0.2) is 9.18 Å². The van der Waals surface area contributed by atoms with Crippen LogP contribution < -0.4 is 0 Å². The molecule has 0 bridgehead atoms. The Labute approximate surface area is 135 Å². The molecule has 6 nitrogen and oxygen atoms in total. The van der Waals surface area contributed by atoms with Gasteiger partial charge in [0, 0.05) is 29.6 Å². The van der Waals surface area contributed by atoms with E-state index in [0.717, 1.165) is 4.90 Å². The molecule has 1 aliphatic rings. The van der Waals surface area contributed by atoms with Gasteiger partial charge in [0.15, 0.2) is 0 Å². The van der Waals surface area contributed by atoms with Gasteiger partial charge in [-0.1, -0.05) is 28.9 Å². The van der Waals surface area contributed by atoms with E-state index in [4.69, 9.17) is 21.2 Å². The minimum atomic E-state index is -2.41. The Balaban J connectivity index is 1.79. The molecule has 2 heterocycles. The summed E-state index contributed by atoms with van der Waals surface area (Å²) in [6.07, 6.45) is -0.247. The van der Waals surface area contributed by atoms with Crippen molar-refractivity contribution < 1.29 is 23.6 Å². The molecule has 8 heteroatoms. The van der Waals surface area contributed by atoms with Gasteiger partial charge in [0.05, 0.1) is 6.54 Å². The van der Waals surface area contributed by atoms with Crippen LogP contribution in [0.2, 0.25) is 5.02 Å². The van der Waals surface area contributed by atoms with Crippen LogP contribution in [0.25, 0.3) is 11.3 Å². The molecule has 3 rings (SSSR count). The SMILES string of the molecule is O=C(c1cc(-c2cccc(Cl)c2)no1)N1CCC(F)(C(=O)O)C1. The predicted octanol–water partition coefficient (Wildman–Crippen LogP) is 2.63. The Morgan fingerprint density at radius 1 is 1.39 bits per heavy atom. The van der Waals surface area contributed by atoms with E-state index in [1.807, 2.05) is 0 Å². The van der Waals surface area contributed by atoms with Crippen molar-refractivity contribution in [1.82, 2.24) is 10.1 Å². The number of carboxylic acid groups (broad SMARTS) is 1. The number of nitrogens with zero attached hydrogens (tertiary/aromatic N) is 2. The molecule has 1 aromatic carbocycles. The molecule has 0 spiro atoms. The molecule has 23 heavy (non-hydrogen) atoms. The highest BCUT2D eigenvalue weighted by molar-refractivity contribution is 6.30. The standard InChI is InChI=1S/C15H12ClFN2O4/c16-10-3-1-2-9(6-10)11-7-12(23-18-11)13(20)19-5-4-15(17,8-19)14(21)22/h1-3,6-7H,4-5,8H2,(H,21,22). The Morgan fingerprint density at radius 3 is 2.83 bits per heavy atom. The van der Waals surface area contributed by atoms with Crippen LogP contribution in [0.5, 0.6) is 0 Å². The summed E-state index contributed by atoms with van der Waals surface area (Å²) in [6, 6.07) is 8.28. The molecule has 1 amide bonds. The van der Waals surface area contributed by atoms with Gasteiger partial charge in [-0.05, 0) is 12.1 Å². The molecule has 1 fully saturated rings. The lowest BCUT2D eigenvalue weighted by atomic mass is 10.1. The summed E-state index contributed by atoms with van der Waals surface area (Å²) >= 11 is 5.90. The Hall–Kier alpha value is -2.41. The quantitative estimate of drug-likeness (QED) is 0.930. The van der Waals surface area contributed by atoms with Gasteiger partial charge >= 0.3 is 5.97 Å². The normalized spacial score (nSPS) is 20.7. The van der Waals surface area contributed by atoms with Crippen LogP contribution in [-0.4, -0.2) is 45.8 Å². The van der Waals surface area contributed by atoms with Crippen LogP contribution in [0.15, 0.2) is 34.9 Å². The summed E-state index contributed by atoms with van der Waals surface area (Å²) in [5.41, 5.74) is -1.32. The second kappa shape index (κ2) is 5.66. The van der Waals surface area contributed by atoms with Gasteiger partial charge in [0.25, 0.3) is 5.91 Å². The summed E-state index contributed by atoms with van der Waals surface area (Å²) in [6.45, 7) is -0.497. The monoisotopic (exact) mass is 338 g/mol. The third-order valence-electron chi connectivity index (χ3n) is 3.73. The highest BCUT2D eigenvalue weighted by atomic mass is 35.5. The van der Waals surface area contributed by atoms with E-state index in [1.165, 1.54) is 6.07 Å². The van der Waals surface area contributed by atoms with E-state index < -0.39 is 24.1 Å². The molecule has 0 aliphatic carbocycles. The number of carbonyl (C=O) groups is 2. The molecule has 1 saturated heterocycles. The van der Waals surface area contributed by atoms with E-state index in [-0.39, 0.29) is 18.7 Å². The van der Waals surface area contributed by atoms with Crippen LogP contribution in [-0.2, 0) is 4.79 Å². The first-order valence-corrected chi connectivity index (χ1v) is 7.21. The number of amides is 1. The van der Waals surface area contributed by atoms with E-state index >= 15 is 0 Å². The molecule has 0 saturated carbocycles. The fourth-order valence-corrected chi connectivity index (χ4v) is 2.63.